The van der Waals surface area contributed by atoms with Gasteiger partial charge in [-0.3, -0.25) is 14.7 Å². The van der Waals surface area contributed by atoms with Crippen LogP contribution in [0.15, 0.2) is 61.1 Å². The molecule has 0 saturated carbocycles. The maximum Gasteiger partial charge on any atom is 0.262 e. The number of hydrogen-bond acceptors (Lipinski definition) is 5. The van der Waals surface area contributed by atoms with Crippen molar-refractivity contribution in [3.05, 3.63) is 82.6 Å². The number of carbonyl (C=O) groups excluding carboxylic acids is 1. The summed E-state index contributed by atoms with van der Waals surface area (Å²) in [6.07, 6.45) is 6.22. The molecule has 0 radical (unpaired) electrons. The SMILES string of the molecule is O=C(c1ccc(-c2nccnc2Cl)cc1F)N(c1nccc2cccc(Cl)c12)C1CCCNC1. The third-order valence-corrected chi connectivity index (χ3v) is 6.52. The van der Waals surface area contributed by atoms with Gasteiger partial charge in [-0.05, 0) is 49.0 Å². The highest BCUT2D eigenvalue weighted by Gasteiger charge is 2.32. The summed E-state index contributed by atoms with van der Waals surface area (Å²) in [6.45, 7) is 1.44. The second-order valence-corrected chi connectivity index (χ2v) is 8.80. The second-order valence-electron chi connectivity index (χ2n) is 8.04. The van der Waals surface area contributed by atoms with Gasteiger partial charge in [-0.1, -0.05) is 41.4 Å². The fourth-order valence-electron chi connectivity index (χ4n) is 4.32. The van der Waals surface area contributed by atoms with Gasteiger partial charge in [0.2, 0.25) is 0 Å². The molecular formula is C25H20Cl2FN5O. The molecule has 1 unspecified atom stereocenters. The number of hydrogen-bond donors (Lipinski definition) is 1. The minimum Gasteiger partial charge on any atom is -0.315 e. The first-order valence-corrected chi connectivity index (χ1v) is 11.6. The van der Waals surface area contributed by atoms with Crippen LogP contribution in [-0.2, 0) is 0 Å². The van der Waals surface area contributed by atoms with E-state index in [4.69, 9.17) is 23.2 Å². The van der Waals surface area contributed by atoms with E-state index in [1.165, 1.54) is 24.5 Å². The van der Waals surface area contributed by atoms with Crippen LogP contribution in [0.2, 0.25) is 10.2 Å². The van der Waals surface area contributed by atoms with Gasteiger partial charge in [0.1, 0.15) is 17.3 Å². The predicted molar refractivity (Wildman–Crippen MR) is 132 cm³/mol. The number of fused-ring (bicyclic) bond motifs is 1. The Morgan fingerprint density at radius 1 is 1.06 bits per heavy atom. The summed E-state index contributed by atoms with van der Waals surface area (Å²) in [5.41, 5.74) is 0.711. The van der Waals surface area contributed by atoms with Crippen molar-refractivity contribution in [2.45, 2.75) is 18.9 Å². The first kappa shape index (κ1) is 22.7. The molecule has 1 N–H and O–H groups in total. The van der Waals surface area contributed by atoms with E-state index in [0.717, 1.165) is 24.8 Å². The van der Waals surface area contributed by atoms with Crippen molar-refractivity contribution >= 4 is 45.7 Å². The average Bonchev–Trinajstić information content (AvgIpc) is 2.85. The quantitative estimate of drug-likeness (QED) is 0.402. The molecule has 1 amide bonds. The minimum atomic E-state index is -0.677. The third kappa shape index (κ3) is 4.22. The number of nitrogens with zero attached hydrogens (tertiary/aromatic N) is 4. The van der Waals surface area contributed by atoms with Gasteiger partial charge in [-0.2, -0.15) is 0 Å². The second kappa shape index (κ2) is 9.62. The van der Waals surface area contributed by atoms with E-state index in [0.29, 0.717) is 34.0 Å². The van der Waals surface area contributed by atoms with Crippen molar-refractivity contribution in [1.82, 2.24) is 20.3 Å². The van der Waals surface area contributed by atoms with E-state index in [-0.39, 0.29) is 16.8 Å². The van der Waals surface area contributed by atoms with Crippen LogP contribution in [0.25, 0.3) is 22.0 Å². The summed E-state index contributed by atoms with van der Waals surface area (Å²) in [5, 5.41) is 5.48. The summed E-state index contributed by atoms with van der Waals surface area (Å²) in [7, 11) is 0. The zero-order valence-corrected chi connectivity index (χ0v) is 19.5. The highest BCUT2D eigenvalue weighted by molar-refractivity contribution is 6.37. The molecular weight excluding hydrogens is 476 g/mol. The lowest BCUT2D eigenvalue weighted by Crippen LogP contribution is -2.49. The van der Waals surface area contributed by atoms with E-state index < -0.39 is 11.7 Å². The fraction of sp³-hybridized carbons (Fsp3) is 0.200. The number of halogens is 3. The maximum atomic E-state index is 15.4. The number of anilines is 1. The number of carbonyl (C=O) groups is 1. The van der Waals surface area contributed by atoms with Crippen LogP contribution < -0.4 is 10.2 Å². The molecule has 0 aliphatic carbocycles. The van der Waals surface area contributed by atoms with Crippen LogP contribution in [0.1, 0.15) is 23.2 Å². The molecule has 34 heavy (non-hydrogen) atoms. The van der Waals surface area contributed by atoms with Crippen LogP contribution in [0.4, 0.5) is 10.2 Å². The number of piperidine rings is 1. The molecule has 1 fully saturated rings. The van der Waals surface area contributed by atoms with Crippen LogP contribution >= 0.6 is 23.2 Å². The zero-order valence-electron chi connectivity index (χ0n) is 18.0. The first-order valence-electron chi connectivity index (χ1n) is 10.9. The van der Waals surface area contributed by atoms with Gasteiger partial charge < -0.3 is 5.32 Å². The topological polar surface area (TPSA) is 71.0 Å². The average molecular weight is 496 g/mol. The number of benzene rings is 2. The Hall–Kier alpha value is -3.13. The molecule has 1 aliphatic heterocycles. The Morgan fingerprint density at radius 3 is 2.68 bits per heavy atom. The Kier molecular flexibility index (Phi) is 6.41. The van der Waals surface area contributed by atoms with E-state index in [1.54, 1.807) is 23.2 Å². The molecule has 9 heteroatoms. The van der Waals surface area contributed by atoms with Gasteiger partial charge in [-0.25, -0.2) is 14.4 Å². The van der Waals surface area contributed by atoms with Crippen LogP contribution in [0, 0.1) is 5.82 Å². The third-order valence-electron chi connectivity index (χ3n) is 5.93. The summed E-state index contributed by atoms with van der Waals surface area (Å²) >= 11 is 12.7. The monoisotopic (exact) mass is 495 g/mol. The van der Waals surface area contributed by atoms with Crippen LogP contribution in [-0.4, -0.2) is 40.0 Å². The largest absolute Gasteiger partial charge is 0.315 e. The molecule has 4 aromatic rings. The lowest BCUT2D eigenvalue weighted by molar-refractivity contribution is 0.0968. The van der Waals surface area contributed by atoms with E-state index in [1.807, 2.05) is 18.2 Å². The van der Waals surface area contributed by atoms with Crippen molar-refractivity contribution in [2.24, 2.45) is 0 Å². The predicted octanol–water partition coefficient (Wildman–Crippen LogP) is 5.54. The van der Waals surface area contributed by atoms with Gasteiger partial charge in [-0.15, -0.1) is 0 Å². The summed E-state index contributed by atoms with van der Waals surface area (Å²) in [5.74, 6) is -0.741. The minimum absolute atomic E-state index is 0.0693. The molecule has 5 rings (SSSR count). The van der Waals surface area contributed by atoms with Gasteiger partial charge in [0.15, 0.2) is 5.15 Å². The zero-order chi connectivity index (χ0) is 23.7. The number of rotatable bonds is 4. The summed E-state index contributed by atoms with van der Waals surface area (Å²) in [4.78, 5) is 28.1. The molecule has 2 aromatic carbocycles. The van der Waals surface area contributed by atoms with E-state index in [2.05, 4.69) is 20.3 Å². The Bertz CT molecular complexity index is 1370. The standard InChI is InChI=1S/C25H20Cl2FN5O/c26-19-5-1-3-15-8-10-32-24(21(15)19)33(17-4-2-9-29-14-17)25(34)18-7-6-16(13-20(18)28)22-23(27)31-12-11-30-22/h1,3,5-8,10-13,17,29H,2,4,9,14H2. The lowest BCUT2D eigenvalue weighted by atomic mass is 10.0. The molecule has 1 saturated heterocycles. The molecule has 3 heterocycles. The number of amides is 1. The van der Waals surface area contributed by atoms with Gasteiger partial charge in [0, 0.05) is 36.1 Å². The van der Waals surface area contributed by atoms with Crippen molar-refractivity contribution in [1.29, 1.82) is 0 Å². The van der Waals surface area contributed by atoms with Crippen molar-refractivity contribution < 1.29 is 9.18 Å². The normalized spacial score (nSPS) is 15.9. The van der Waals surface area contributed by atoms with Crippen molar-refractivity contribution in [2.75, 3.05) is 18.0 Å². The Balaban J connectivity index is 1.61. The first-order chi connectivity index (χ1) is 16.5. The van der Waals surface area contributed by atoms with E-state index in [9.17, 15) is 4.79 Å². The van der Waals surface area contributed by atoms with Gasteiger partial charge in [0.25, 0.3) is 5.91 Å². The van der Waals surface area contributed by atoms with Crippen molar-refractivity contribution in [3.63, 3.8) is 0 Å². The smallest absolute Gasteiger partial charge is 0.262 e. The Labute approximate surface area is 205 Å². The van der Waals surface area contributed by atoms with Crippen LogP contribution in [0.5, 0.6) is 0 Å². The molecule has 1 aliphatic rings. The molecule has 172 valence electrons. The van der Waals surface area contributed by atoms with Gasteiger partial charge in [0.05, 0.1) is 16.6 Å². The molecule has 0 spiro atoms. The number of aromatic nitrogens is 3. The molecule has 6 nitrogen and oxygen atoms in total. The molecule has 2 aromatic heterocycles. The van der Waals surface area contributed by atoms with Crippen LogP contribution in [0.3, 0.4) is 0 Å². The Morgan fingerprint density at radius 2 is 1.91 bits per heavy atom. The fourth-order valence-corrected chi connectivity index (χ4v) is 4.80. The summed E-state index contributed by atoms with van der Waals surface area (Å²) < 4.78 is 15.4. The lowest BCUT2D eigenvalue weighted by Gasteiger charge is -2.34. The van der Waals surface area contributed by atoms with Crippen molar-refractivity contribution in [3.8, 4) is 11.3 Å². The summed E-state index contributed by atoms with van der Waals surface area (Å²) in [6, 6.07) is 11.5. The van der Waals surface area contributed by atoms with Gasteiger partial charge >= 0.3 is 0 Å². The highest BCUT2D eigenvalue weighted by Crippen LogP contribution is 2.34. The van der Waals surface area contributed by atoms with E-state index >= 15 is 4.39 Å². The highest BCUT2D eigenvalue weighted by atomic mass is 35.5. The maximum absolute atomic E-state index is 15.4. The molecule has 1 atom stereocenters. The molecule has 0 bridgehead atoms. The number of pyridine rings is 1. The number of nitrogens with one attached hydrogen (secondary N) is 1.